The molecular formula is C12H21N3O2S. The number of aryl methyl sites for hydroxylation is 1. The molecule has 0 bridgehead atoms. The summed E-state index contributed by atoms with van der Waals surface area (Å²) in [5.74, 6) is 0.173. The molecule has 0 amide bonds. The molecule has 1 heterocycles. The molecule has 0 aliphatic carbocycles. The quantitative estimate of drug-likeness (QED) is 0.557. The minimum atomic E-state index is -0.812. The molecule has 0 radical (unpaired) electrons. The number of thioether (sulfide) groups is 1. The summed E-state index contributed by atoms with van der Waals surface area (Å²) < 4.78 is 1.99. The molecule has 0 aromatic carbocycles. The van der Waals surface area contributed by atoms with E-state index in [-0.39, 0.29) is 0 Å². The first-order valence-corrected chi connectivity index (χ1v) is 7.00. The van der Waals surface area contributed by atoms with Crippen LogP contribution in [0.3, 0.4) is 0 Å². The lowest BCUT2D eigenvalue weighted by molar-refractivity contribution is -0.144. The Bertz CT molecular complexity index is 394. The fraction of sp³-hybridized carbons (Fsp3) is 0.667. The molecular weight excluding hydrogens is 250 g/mol. The van der Waals surface area contributed by atoms with Gasteiger partial charge in [0.25, 0.3) is 0 Å². The summed E-state index contributed by atoms with van der Waals surface area (Å²) in [6.45, 7) is 1.72. The van der Waals surface area contributed by atoms with E-state index in [4.69, 9.17) is 5.11 Å². The van der Waals surface area contributed by atoms with Crippen LogP contribution in [-0.2, 0) is 11.8 Å². The van der Waals surface area contributed by atoms with Gasteiger partial charge in [-0.1, -0.05) is 18.2 Å². The average molecular weight is 271 g/mol. The Hall–Kier alpha value is -1.01. The number of carboxylic acids is 1. The van der Waals surface area contributed by atoms with E-state index in [0.29, 0.717) is 6.42 Å². The van der Waals surface area contributed by atoms with Crippen LogP contribution in [-0.4, -0.2) is 39.0 Å². The molecule has 18 heavy (non-hydrogen) atoms. The van der Waals surface area contributed by atoms with E-state index in [0.717, 1.165) is 23.8 Å². The Labute approximate surface area is 112 Å². The van der Waals surface area contributed by atoms with Crippen LogP contribution in [0.25, 0.3) is 0 Å². The number of carbonyl (C=O) groups is 1. The number of likely N-dealkylation sites (N-methyl/N-ethyl adjacent to an activating group) is 1. The number of carboxylic acid groups (broad SMARTS) is 1. The molecule has 1 aromatic rings. The number of hydrogen-bond donors (Lipinski definition) is 2. The SMILES string of the molecule is CNC(C)(CCCCSc1nccn1C)C(=O)O. The second-order valence-electron chi connectivity index (χ2n) is 4.51. The molecule has 1 atom stereocenters. The van der Waals surface area contributed by atoms with E-state index >= 15 is 0 Å². The van der Waals surface area contributed by atoms with E-state index in [1.807, 2.05) is 17.8 Å². The van der Waals surface area contributed by atoms with Crippen LogP contribution < -0.4 is 5.32 Å². The zero-order chi connectivity index (χ0) is 13.6. The number of hydrogen-bond acceptors (Lipinski definition) is 4. The van der Waals surface area contributed by atoms with Crippen LogP contribution in [0, 0.1) is 0 Å². The molecule has 1 rings (SSSR count). The summed E-state index contributed by atoms with van der Waals surface area (Å²) in [5.41, 5.74) is -0.812. The maximum absolute atomic E-state index is 11.1. The van der Waals surface area contributed by atoms with Crippen molar-refractivity contribution in [1.82, 2.24) is 14.9 Å². The fourth-order valence-electron chi connectivity index (χ4n) is 1.57. The predicted octanol–water partition coefficient (Wildman–Crippen LogP) is 1.75. The highest BCUT2D eigenvalue weighted by atomic mass is 32.2. The zero-order valence-corrected chi connectivity index (χ0v) is 12.0. The van der Waals surface area contributed by atoms with Crippen LogP contribution in [0.15, 0.2) is 17.6 Å². The lowest BCUT2D eigenvalue weighted by atomic mass is 9.95. The number of rotatable bonds is 8. The zero-order valence-electron chi connectivity index (χ0n) is 11.1. The summed E-state index contributed by atoms with van der Waals surface area (Å²) in [4.78, 5) is 15.3. The lowest BCUT2D eigenvalue weighted by Gasteiger charge is -2.23. The highest BCUT2D eigenvalue weighted by Gasteiger charge is 2.29. The highest BCUT2D eigenvalue weighted by molar-refractivity contribution is 7.99. The molecule has 1 unspecified atom stereocenters. The first-order chi connectivity index (χ1) is 8.49. The van der Waals surface area contributed by atoms with E-state index < -0.39 is 11.5 Å². The first-order valence-electron chi connectivity index (χ1n) is 6.02. The second kappa shape index (κ2) is 6.80. The Kier molecular flexibility index (Phi) is 5.68. The molecule has 5 nitrogen and oxygen atoms in total. The van der Waals surface area contributed by atoms with Gasteiger partial charge in [-0.25, -0.2) is 4.98 Å². The molecule has 2 N–H and O–H groups in total. The van der Waals surface area contributed by atoms with Crippen molar-refractivity contribution < 1.29 is 9.90 Å². The van der Waals surface area contributed by atoms with Crippen molar-refractivity contribution in [1.29, 1.82) is 0 Å². The van der Waals surface area contributed by atoms with Gasteiger partial charge in [0.05, 0.1) is 0 Å². The summed E-state index contributed by atoms with van der Waals surface area (Å²) in [5, 5.41) is 13.0. The van der Waals surface area contributed by atoms with Crippen molar-refractivity contribution in [2.75, 3.05) is 12.8 Å². The maximum atomic E-state index is 11.1. The predicted molar refractivity (Wildman–Crippen MR) is 72.9 cm³/mol. The van der Waals surface area contributed by atoms with Crippen LogP contribution in [0.5, 0.6) is 0 Å². The number of nitrogens with zero attached hydrogens (tertiary/aromatic N) is 2. The van der Waals surface area contributed by atoms with Crippen LogP contribution in [0.1, 0.15) is 26.2 Å². The minimum Gasteiger partial charge on any atom is -0.480 e. The van der Waals surface area contributed by atoms with Gasteiger partial charge in [0.15, 0.2) is 5.16 Å². The highest BCUT2D eigenvalue weighted by Crippen LogP contribution is 2.19. The van der Waals surface area contributed by atoms with Gasteiger partial charge in [0.1, 0.15) is 5.54 Å². The van der Waals surface area contributed by atoms with Gasteiger partial charge in [-0.2, -0.15) is 0 Å². The Morgan fingerprint density at radius 1 is 1.61 bits per heavy atom. The Morgan fingerprint density at radius 2 is 2.33 bits per heavy atom. The molecule has 0 aliphatic heterocycles. The summed E-state index contributed by atoms with van der Waals surface area (Å²) >= 11 is 1.70. The van der Waals surface area contributed by atoms with Crippen molar-refractivity contribution in [3.05, 3.63) is 12.4 Å². The molecule has 0 saturated heterocycles. The number of aliphatic carboxylic acids is 1. The van der Waals surface area contributed by atoms with Crippen LogP contribution in [0.4, 0.5) is 0 Å². The molecule has 0 saturated carbocycles. The normalized spacial score (nSPS) is 14.4. The molecule has 0 spiro atoms. The molecule has 0 fully saturated rings. The first kappa shape index (κ1) is 15.0. The number of unbranched alkanes of at least 4 members (excludes halogenated alkanes) is 1. The fourth-order valence-corrected chi connectivity index (χ4v) is 2.50. The molecule has 0 aliphatic rings. The number of imidazole rings is 1. The number of aromatic nitrogens is 2. The van der Waals surface area contributed by atoms with Gasteiger partial charge in [-0.05, 0) is 26.8 Å². The van der Waals surface area contributed by atoms with Crippen molar-refractivity contribution in [3.63, 3.8) is 0 Å². The van der Waals surface area contributed by atoms with Crippen molar-refractivity contribution in [2.45, 2.75) is 36.9 Å². The largest absolute Gasteiger partial charge is 0.480 e. The monoisotopic (exact) mass is 271 g/mol. The van der Waals surface area contributed by atoms with Crippen molar-refractivity contribution in [3.8, 4) is 0 Å². The van der Waals surface area contributed by atoms with Crippen LogP contribution >= 0.6 is 11.8 Å². The second-order valence-corrected chi connectivity index (χ2v) is 5.58. The molecule has 6 heteroatoms. The smallest absolute Gasteiger partial charge is 0.323 e. The van der Waals surface area contributed by atoms with E-state index in [2.05, 4.69) is 10.3 Å². The average Bonchev–Trinajstić information content (AvgIpc) is 2.74. The van der Waals surface area contributed by atoms with E-state index in [9.17, 15) is 4.79 Å². The van der Waals surface area contributed by atoms with Gasteiger partial charge in [0.2, 0.25) is 0 Å². The maximum Gasteiger partial charge on any atom is 0.323 e. The third-order valence-electron chi connectivity index (χ3n) is 3.10. The third-order valence-corrected chi connectivity index (χ3v) is 4.25. The van der Waals surface area contributed by atoms with Crippen molar-refractivity contribution >= 4 is 17.7 Å². The summed E-state index contributed by atoms with van der Waals surface area (Å²) in [6, 6.07) is 0. The van der Waals surface area contributed by atoms with Gasteiger partial charge in [0, 0.05) is 25.2 Å². The van der Waals surface area contributed by atoms with Gasteiger partial charge < -0.3 is 15.0 Å². The topological polar surface area (TPSA) is 67.2 Å². The van der Waals surface area contributed by atoms with Crippen LogP contribution in [0.2, 0.25) is 0 Å². The standard InChI is InChI=1S/C12H21N3O2S/c1-12(13-2,10(16)17)6-4-5-9-18-11-14-7-8-15(11)3/h7-8,13H,4-6,9H2,1-3H3,(H,16,17). The van der Waals surface area contributed by atoms with E-state index in [1.165, 1.54) is 0 Å². The van der Waals surface area contributed by atoms with Gasteiger partial charge >= 0.3 is 5.97 Å². The summed E-state index contributed by atoms with van der Waals surface area (Å²) in [6.07, 6.45) is 6.22. The third kappa shape index (κ3) is 4.03. The summed E-state index contributed by atoms with van der Waals surface area (Å²) in [7, 11) is 3.66. The van der Waals surface area contributed by atoms with Gasteiger partial charge in [-0.15, -0.1) is 0 Å². The van der Waals surface area contributed by atoms with E-state index in [1.54, 1.807) is 31.9 Å². The number of nitrogens with one attached hydrogen (secondary N) is 1. The molecule has 1 aromatic heterocycles. The minimum absolute atomic E-state index is 0.639. The Balaban J connectivity index is 2.23. The lowest BCUT2D eigenvalue weighted by Crippen LogP contribution is -2.47. The molecule has 102 valence electrons. The van der Waals surface area contributed by atoms with Crippen molar-refractivity contribution in [2.24, 2.45) is 7.05 Å². The Morgan fingerprint density at radius 3 is 2.83 bits per heavy atom. The van der Waals surface area contributed by atoms with Gasteiger partial charge in [-0.3, -0.25) is 4.79 Å².